The highest BCUT2D eigenvalue weighted by Gasteiger charge is 2.17. The van der Waals surface area contributed by atoms with E-state index < -0.39 is 0 Å². The molecule has 3 N–H and O–H groups in total. The van der Waals surface area contributed by atoms with Crippen molar-refractivity contribution in [2.24, 2.45) is 0 Å². The summed E-state index contributed by atoms with van der Waals surface area (Å²) >= 11 is 0. The lowest BCUT2D eigenvalue weighted by Gasteiger charge is -2.09. The lowest BCUT2D eigenvalue weighted by molar-refractivity contribution is -0.386. The highest BCUT2D eigenvalue weighted by molar-refractivity contribution is 5.55. The number of rotatable bonds is 2. The quantitative estimate of drug-likeness (QED) is 0.814. The molecular formula is C12H13N2O2+. The molecule has 0 atom stereocenters. The van der Waals surface area contributed by atoms with E-state index in [1.807, 2.05) is 36.7 Å². The van der Waals surface area contributed by atoms with Gasteiger partial charge in [-0.05, 0) is 18.2 Å². The van der Waals surface area contributed by atoms with Gasteiger partial charge in [-0.2, -0.15) is 0 Å². The van der Waals surface area contributed by atoms with Crippen molar-refractivity contribution in [1.82, 2.24) is 4.57 Å². The van der Waals surface area contributed by atoms with Gasteiger partial charge in [0.05, 0.1) is 5.69 Å². The Morgan fingerprint density at radius 2 is 1.81 bits per heavy atom. The van der Waals surface area contributed by atoms with Crippen LogP contribution in [-0.2, 0) is 6.54 Å². The summed E-state index contributed by atoms with van der Waals surface area (Å²) in [4.78, 5) is 0. The van der Waals surface area contributed by atoms with Crippen LogP contribution in [0, 0.1) is 0 Å². The van der Waals surface area contributed by atoms with Gasteiger partial charge >= 0.3 is 0 Å². The first-order valence-corrected chi connectivity index (χ1v) is 5.23. The maximum atomic E-state index is 5.38. The lowest BCUT2D eigenvalue weighted by atomic mass is 10.1. The highest BCUT2D eigenvalue weighted by atomic mass is 16.7. The first kappa shape index (κ1) is 9.30. The van der Waals surface area contributed by atoms with E-state index in [0.29, 0.717) is 6.79 Å². The minimum atomic E-state index is 0.307. The smallest absolute Gasteiger partial charge is 0.231 e. The second-order valence-electron chi connectivity index (χ2n) is 3.67. The van der Waals surface area contributed by atoms with Crippen LogP contribution in [0.1, 0.15) is 5.56 Å². The van der Waals surface area contributed by atoms with Gasteiger partial charge in [0.1, 0.15) is 6.54 Å². The van der Waals surface area contributed by atoms with E-state index in [4.69, 9.17) is 9.47 Å². The summed E-state index contributed by atoms with van der Waals surface area (Å²) in [7, 11) is 0. The van der Waals surface area contributed by atoms with E-state index in [9.17, 15) is 0 Å². The van der Waals surface area contributed by atoms with Gasteiger partial charge in [-0.25, -0.2) is 0 Å². The third kappa shape index (κ3) is 1.35. The van der Waals surface area contributed by atoms with Crippen LogP contribution in [0.4, 0.5) is 0 Å². The molecule has 82 valence electrons. The van der Waals surface area contributed by atoms with Crippen LogP contribution in [0.2, 0.25) is 0 Å². The van der Waals surface area contributed by atoms with Crippen molar-refractivity contribution in [1.29, 1.82) is 0 Å². The van der Waals surface area contributed by atoms with Gasteiger partial charge in [-0.1, -0.05) is 0 Å². The van der Waals surface area contributed by atoms with Crippen molar-refractivity contribution >= 4 is 0 Å². The van der Waals surface area contributed by atoms with Gasteiger partial charge in [0, 0.05) is 24.0 Å². The molecule has 4 heteroatoms. The van der Waals surface area contributed by atoms with E-state index in [2.05, 4.69) is 10.3 Å². The molecule has 1 aliphatic rings. The standard InChI is InChI=1S/C12H12N2O2/c13-7-9-5-11-12(16-8-15-11)6-10(9)14-3-1-2-4-14/h1-6H,7-8,13H2/p+1. The van der Waals surface area contributed by atoms with Crippen molar-refractivity contribution in [2.75, 3.05) is 6.79 Å². The van der Waals surface area contributed by atoms with Gasteiger partial charge in [0.15, 0.2) is 11.5 Å². The molecule has 0 radical (unpaired) electrons. The van der Waals surface area contributed by atoms with Gasteiger partial charge in [0.25, 0.3) is 0 Å². The van der Waals surface area contributed by atoms with E-state index in [-0.39, 0.29) is 0 Å². The summed E-state index contributed by atoms with van der Waals surface area (Å²) in [6, 6.07) is 8.00. The second kappa shape index (κ2) is 3.57. The molecule has 1 aromatic heterocycles. The minimum absolute atomic E-state index is 0.307. The SMILES string of the molecule is [NH3+]Cc1cc2c(cc1-n1cccc1)OCO2. The molecule has 0 saturated carbocycles. The normalized spacial score (nSPS) is 13.1. The van der Waals surface area contributed by atoms with Crippen molar-refractivity contribution in [2.45, 2.75) is 6.54 Å². The van der Waals surface area contributed by atoms with Gasteiger partial charge < -0.3 is 19.8 Å². The van der Waals surface area contributed by atoms with Crippen molar-refractivity contribution in [3.8, 4) is 17.2 Å². The number of benzene rings is 1. The van der Waals surface area contributed by atoms with Crippen LogP contribution in [0.5, 0.6) is 11.5 Å². The summed E-state index contributed by atoms with van der Waals surface area (Å²) in [5.41, 5.74) is 6.20. The summed E-state index contributed by atoms with van der Waals surface area (Å²) in [5.74, 6) is 1.62. The fourth-order valence-electron chi connectivity index (χ4n) is 1.91. The zero-order chi connectivity index (χ0) is 11.0. The monoisotopic (exact) mass is 217 g/mol. The maximum absolute atomic E-state index is 5.38. The average molecular weight is 217 g/mol. The summed E-state index contributed by atoms with van der Waals surface area (Å²) in [6.07, 6.45) is 4.02. The summed E-state index contributed by atoms with van der Waals surface area (Å²) < 4.78 is 12.8. The van der Waals surface area contributed by atoms with Crippen LogP contribution in [0.25, 0.3) is 5.69 Å². The molecule has 0 aliphatic carbocycles. The zero-order valence-electron chi connectivity index (χ0n) is 8.85. The Labute approximate surface area is 93.2 Å². The fraction of sp³-hybridized carbons (Fsp3) is 0.167. The number of aromatic nitrogens is 1. The topological polar surface area (TPSA) is 51.0 Å². The number of ether oxygens (including phenoxy) is 2. The molecule has 16 heavy (non-hydrogen) atoms. The lowest BCUT2D eigenvalue weighted by Crippen LogP contribution is -2.47. The molecule has 0 amide bonds. The van der Waals surface area contributed by atoms with Crippen molar-refractivity contribution < 1.29 is 15.2 Å². The molecule has 0 bridgehead atoms. The molecular weight excluding hydrogens is 204 g/mol. The molecule has 0 saturated heterocycles. The third-order valence-corrected chi connectivity index (χ3v) is 2.73. The molecule has 0 fully saturated rings. The number of fused-ring (bicyclic) bond motifs is 1. The van der Waals surface area contributed by atoms with Crippen LogP contribution in [-0.4, -0.2) is 11.4 Å². The van der Waals surface area contributed by atoms with Crippen molar-refractivity contribution in [3.05, 3.63) is 42.2 Å². The Kier molecular flexibility index (Phi) is 2.08. The number of hydrogen-bond acceptors (Lipinski definition) is 2. The zero-order valence-corrected chi connectivity index (χ0v) is 8.85. The van der Waals surface area contributed by atoms with Crippen LogP contribution in [0.15, 0.2) is 36.7 Å². The Morgan fingerprint density at radius 1 is 1.12 bits per heavy atom. The maximum Gasteiger partial charge on any atom is 0.231 e. The minimum Gasteiger partial charge on any atom is -0.454 e. The third-order valence-electron chi connectivity index (χ3n) is 2.73. The van der Waals surface area contributed by atoms with E-state index in [1.54, 1.807) is 0 Å². The highest BCUT2D eigenvalue weighted by Crippen LogP contribution is 2.35. The number of quaternary nitrogens is 1. The molecule has 2 aromatic rings. The number of hydrogen-bond donors (Lipinski definition) is 1. The predicted octanol–water partition coefficient (Wildman–Crippen LogP) is 0.948. The molecule has 1 aromatic carbocycles. The van der Waals surface area contributed by atoms with Crippen LogP contribution in [0.3, 0.4) is 0 Å². The van der Waals surface area contributed by atoms with E-state index >= 15 is 0 Å². The number of nitrogens with zero attached hydrogens (tertiary/aromatic N) is 1. The van der Waals surface area contributed by atoms with Crippen molar-refractivity contribution in [3.63, 3.8) is 0 Å². The van der Waals surface area contributed by atoms with E-state index in [0.717, 1.165) is 29.3 Å². The van der Waals surface area contributed by atoms with Gasteiger partial charge in [-0.3, -0.25) is 0 Å². The van der Waals surface area contributed by atoms with Crippen LogP contribution >= 0.6 is 0 Å². The molecule has 4 nitrogen and oxygen atoms in total. The first-order valence-electron chi connectivity index (χ1n) is 5.23. The summed E-state index contributed by atoms with van der Waals surface area (Å²) in [5, 5.41) is 0. The molecule has 3 rings (SSSR count). The Morgan fingerprint density at radius 3 is 2.50 bits per heavy atom. The summed E-state index contributed by atoms with van der Waals surface area (Å²) in [6.45, 7) is 1.03. The first-order chi connectivity index (χ1) is 7.88. The molecule has 1 aliphatic heterocycles. The second-order valence-corrected chi connectivity index (χ2v) is 3.67. The Bertz CT molecular complexity index is 506. The molecule has 0 spiro atoms. The van der Waals surface area contributed by atoms with Gasteiger partial charge in [0.2, 0.25) is 6.79 Å². The predicted molar refractivity (Wildman–Crippen MR) is 58.5 cm³/mol. The molecule has 2 heterocycles. The van der Waals surface area contributed by atoms with Gasteiger partial charge in [-0.15, -0.1) is 0 Å². The van der Waals surface area contributed by atoms with Crippen LogP contribution < -0.4 is 15.2 Å². The fourth-order valence-corrected chi connectivity index (χ4v) is 1.91. The Hall–Kier alpha value is -1.94. The molecule has 0 unspecified atom stereocenters. The largest absolute Gasteiger partial charge is 0.454 e. The average Bonchev–Trinajstić information content (AvgIpc) is 2.97. The van der Waals surface area contributed by atoms with E-state index in [1.165, 1.54) is 0 Å². The Balaban J connectivity index is 2.17.